The van der Waals surface area contributed by atoms with Crippen molar-refractivity contribution in [3.63, 3.8) is 0 Å². The van der Waals surface area contributed by atoms with E-state index in [4.69, 9.17) is 4.74 Å². The summed E-state index contributed by atoms with van der Waals surface area (Å²) >= 11 is 0. The standard InChI is InChI=1S/C17H23N5O3/c1-11-13(9-18-21(11)3)4-5-17(24)22-6-7-25-10-15(22)14-8-16(23)20-12(2)19-14/h8-9,15H,4-7,10H2,1-3H3,(H,19,20,23). The van der Waals surface area contributed by atoms with Crippen molar-refractivity contribution < 1.29 is 9.53 Å². The molecule has 2 aromatic rings. The van der Waals surface area contributed by atoms with Crippen molar-refractivity contribution in [2.75, 3.05) is 19.8 Å². The van der Waals surface area contributed by atoms with Gasteiger partial charge in [0.05, 0.1) is 31.1 Å². The zero-order valence-electron chi connectivity index (χ0n) is 14.8. The second kappa shape index (κ2) is 7.18. The van der Waals surface area contributed by atoms with E-state index >= 15 is 0 Å². The topological polar surface area (TPSA) is 93.1 Å². The van der Waals surface area contributed by atoms with Crippen LogP contribution >= 0.6 is 0 Å². The number of rotatable bonds is 4. The van der Waals surface area contributed by atoms with Crippen molar-refractivity contribution in [2.45, 2.75) is 32.7 Å². The Balaban J connectivity index is 1.74. The molecule has 1 N–H and O–H groups in total. The second-order valence-electron chi connectivity index (χ2n) is 6.31. The fraction of sp³-hybridized carbons (Fsp3) is 0.529. The minimum absolute atomic E-state index is 0.0382. The van der Waals surface area contributed by atoms with E-state index in [0.717, 1.165) is 11.3 Å². The lowest BCUT2D eigenvalue weighted by atomic mass is 10.1. The van der Waals surface area contributed by atoms with Gasteiger partial charge < -0.3 is 14.6 Å². The maximum Gasteiger partial charge on any atom is 0.251 e. The minimum Gasteiger partial charge on any atom is -0.377 e. The number of ether oxygens (including phenoxy) is 1. The van der Waals surface area contributed by atoms with Gasteiger partial charge in [0.1, 0.15) is 5.82 Å². The van der Waals surface area contributed by atoms with Crippen LogP contribution in [0.2, 0.25) is 0 Å². The molecule has 8 heteroatoms. The summed E-state index contributed by atoms with van der Waals surface area (Å²) in [4.78, 5) is 33.3. The molecule has 1 amide bonds. The molecule has 0 aromatic carbocycles. The van der Waals surface area contributed by atoms with E-state index < -0.39 is 0 Å². The number of hydrogen-bond donors (Lipinski definition) is 1. The third kappa shape index (κ3) is 3.79. The Labute approximate surface area is 145 Å². The highest BCUT2D eigenvalue weighted by molar-refractivity contribution is 5.77. The summed E-state index contributed by atoms with van der Waals surface area (Å²) in [5.74, 6) is 0.572. The number of hydrogen-bond acceptors (Lipinski definition) is 5. The molecule has 3 heterocycles. The number of aromatic amines is 1. The lowest BCUT2D eigenvalue weighted by Gasteiger charge is -2.35. The number of nitrogens with one attached hydrogen (secondary N) is 1. The first-order valence-corrected chi connectivity index (χ1v) is 8.38. The fourth-order valence-electron chi connectivity index (χ4n) is 3.10. The Kier molecular flexibility index (Phi) is 4.98. The highest BCUT2D eigenvalue weighted by atomic mass is 16.5. The first kappa shape index (κ1) is 17.3. The smallest absolute Gasteiger partial charge is 0.251 e. The fourth-order valence-corrected chi connectivity index (χ4v) is 3.10. The maximum absolute atomic E-state index is 12.8. The molecule has 134 valence electrons. The quantitative estimate of drug-likeness (QED) is 0.878. The molecule has 1 atom stereocenters. The van der Waals surface area contributed by atoms with E-state index in [-0.39, 0.29) is 17.5 Å². The number of H-pyrrole nitrogens is 1. The van der Waals surface area contributed by atoms with Gasteiger partial charge in [-0.1, -0.05) is 0 Å². The number of carbonyl (C=O) groups is 1. The van der Waals surface area contributed by atoms with Gasteiger partial charge in [-0.2, -0.15) is 5.10 Å². The molecule has 1 aliphatic rings. The van der Waals surface area contributed by atoms with Crippen LogP contribution in [-0.2, 0) is 23.0 Å². The summed E-state index contributed by atoms with van der Waals surface area (Å²) in [6.07, 6.45) is 2.84. The summed E-state index contributed by atoms with van der Waals surface area (Å²) in [5.41, 5.74) is 2.50. The van der Waals surface area contributed by atoms with Crippen LogP contribution in [0.25, 0.3) is 0 Å². The van der Waals surface area contributed by atoms with Gasteiger partial charge in [-0.15, -0.1) is 0 Å². The molecular weight excluding hydrogens is 322 g/mol. The maximum atomic E-state index is 12.8. The first-order valence-electron chi connectivity index (χ1n) is 8.38. The van der Waals surface area contributed by atoms with Crippen LogP contribution in [0.3, 0.4) is 0 Å². The van der Waals surface area contributed by atoms with Crippen LogP contribution in [0.4, 0.5) is 0 Å². The summed E-state index contributed by atoms with van der Waals surface area (Å²) in [6, 6.07) is 1.12. The molecule has 0 bridgehead atoms. The second-order valence-corrected chi connectivity index (χ2v) is 6.31. The lowest BCUT2D eigenvalue weighted by Crippen LogP contribution is -2.44. The van der Waals surface area contributed by atoms with Crippen LogP contribution < -0.4 is 5.56 Å². The molecule has 1 aliphatic heterocycles. The normalized spacial score (nSPS) is 17.7. The van der Waals surface area contributed by atoms with Gasteiger partial charge in [0.25, 0.3) is 5.56 Å². The van der Waals surface area contributed by atoms with Crippen LogP contribution in [0.15, 0.2) is 17.1 Å². The Bertz CT molecular complexity index is 826. The molecule has 1 fully saturated rings. The van der Waals surface area contributed by atoms with Crippen LogP contribution in [0.5, 0.6) is 0 Å². The average molecular weight is 345 g/mol. The van der Waals surface area contributed by atoms with Crippen molar-refractivity contribution in [1.29, 1.82) is 0 Å². The molecule has 1 unspecified atom stereocenters. The molecule has 2 aromatic heterocycles. The van der Waals surface area contributed by atoms with Crippen molar-refractivity contribution in [1.82, 2.24) is 24.6 Å². The van der Waals surface area contributed by atoms with E-state index in [9.17, 15) is 9.59 Å². The first-order chi connectivity index (χ1) is 12.0. The number of carbonyl (C=O) groups excluding carboxylic acids is 1. The number of morpholine rings is 1. The molecule has 3 rings (SSSR count). The van der Waals surface area contributed by atoms with Gasteiger partial charge >= 0.3 is 0 Å². The highest BCUT2D eigenvalue weighted by Crippen LogP contribution is 2.23. The molecule has 0 spiro atoms. The van der Waals surface area contributed by atoms with Gasteiger partial charge in [-0.05, 0) is 25.8 Å². The highest BCUT2D eigenvalue weighted by Gasteiger charge is 2.30. The summed E-state index contributed by atoms with van der Waals surface area (Å²) in [7, 11) is 1.89. The Hall–Kier alpha value is -2.48. The number of aromatic nitrogens is 4. The SMILES string of the molecule is Cc1nc(C2COCCN2C(=O)CCc2cnn(C)c2C)cc(=O)[nH]1. The Morgan fingerprint density at radius 2 is 2.24 bits per heavy atom. The summed E-state index contributed by atoms with van der Waals surface area (Å²) < 4.78 is 7.33. The average Bonchev–Trinajstić information content (AvgIpc) is 2.90. The predicted octanol–water partition coefficient (Wildman–Crippen LogP) is 0.653. The predicted molar refractivity (Wildman–Crippen MR) is 91.1 cm³/mol. The van der Waals surface area contributed by atoms with Gasteiger partial charge in [0.2, 0.25) is 5.91 Å². The van der Waals surface area contributed by atoms with Crippen molar-refractivity contribution in [2.24, 2.45) is 7.05 Å². The molecule has 8 nitrogen and oxygen atoms in total. The van der Waals surface area contributed by atoms with Gasteiger partial charge in [-0.3, -0.25) is 14.3 Å². The van der Waals surface area contributed by atoms with E-state index in [2.05, 4.69) is 15.1 Å². The van der Waals surface area contributed by atoms with Crippen LogP contribution in [-0.4, -0.2) is 50.3 Å². The number of amides is 1. The van der Waals surface area contributed by atoms with Crippen molar-refractivity contribution >= 4 is 5.91 Å². The third-order valence-electron chi connectivity index (χ3n) is 4.62. The van der Waals surface area contributed by atoms with Gasteiger partial charge in [-0.25, -0.2) is 4.98 Å². The Morgan fingerprint density at radius 3 is 2.92 bits per heavy atom. The molecule has 1 saturated heterocycles. The van der Waals surface area contributed by atoms with Crippen LogP contribution in [0.1, 0.15) is 35.2 Å². The Morgan fingerprint density at radius 1 is 1.44 bits per heavy atom. The van der Waals surface area contributed by atoms with Gasteiger partial charge in [0.15, 0.2) is 0 Å². The zero-order valence-corrected chi connectivity index (χ0v) is 14.8. The molecular formula is C17H23N5O3. The molecule has 0 aliphatic carbocycles. The minimum atomic E-state index is -0.322. The number of nitrogens with zero attached hydrogens (tertiary/aromatic N) is 4. The van der Waals surface area contributed by atoms with E-state index in [1.54, 1.807) is 22.7 Å². The largest absolute Gasteiger partial charge is 0.377 e. The van der Waals surface area contributed by atoms with E-state index in [1.165, 1.54) is 6.07 Å². The zero-order chi connectivity index (χ0) is 18.0. The van der Waals surface area contributed by atoms with E-state index in [1.807, 2.05) is 14.0 Å². The summed E-state index contributed by atoms with van der Waals surface area (Å²) in [6.45, 7) is 5.08. The molecule has 0 saturated carbocycles. The number of aryl methyl sites for hydroxylation is 3. The van der Waals surface area contributed by atoms with Crippen molar-refractivity contribution in [3.8, 4) is 0 Å². The van der Waals surface area contributed by atoms with Crippen LogP contribution in [0, 0.1) is 13.8 Å². The van der Waals surface area contributed by atoms with Crippen molar-refractivity contribution in [3.05, 3.63) is 45.4 Å². The van der Waals surface area contributed by atoms with Gasteiger partial charge in [0, 0.05) is 31.8 Å². The lowest BCUT2D eigenvalue weighted by molar-refractivity contribution is -0.140. The monoisotopic (exact) mass is 345 g/mol. The summed E-state index contributed by atoms with van der Waals surface area (Å²) in [5, 5.41) is 4.21. The third-order valence-corrected chi connectivity index (χ3v) is 4.62. The molecule has 0 radical (unpaired) electrons. The molecule has 25 heavy (non-hydrogen) atoms. The van der Waals surface area contributed by atoms with E-state index in [0.29, 0.717) is 44.1 Å².